The second-order valence-electron chi connectivity index (χ2n) is 8.32. The molecule has 178 valence electrons. The van der Waals surface area contributed by atoms with E-state index in [2.05, 4.69) is 0 Å². The fraction of sp³-hybridized carbons (Fsp3) is 0.214. The number of rotatable bonds is 7. The smallest absolute Gasteiger partial charge is 0.290 e. The van der Waals surface area contributed by atoms with E-state index in [9.17, 15) is 14.0 Å². The van der Waals surface area contributed by atoms with Gasteiger partial charge in [0, 0.05) is 6.54 Å². The monoisotopic (exact) mass is 473 g/mol. The normalized spacial score (nSPS) is 14.9. The number of carbonyl (C=O) groups excluding carboxylic acids is 1. The Kier molecular flexibility index (Phi) is 5.99. The molecule has 1 aliphatic heterocycles. The van der Waals surface area contributed by atoms with Gasteiger partial charge < -0.3 is 18.8 Å². The Labute approximate surface area is 201 Å². The minimum atomic E-state index is -0.680. The van der Waals surface area contributed by atoms with Gasteiger partial charge in [-0.25, -0.2) is 4.39 Å². The summed E-state index contributed by atoms with van der Waals surface area (Å²) < 4.78 is 30.7. The number of halogens is 1. The molecule has 1 aromatic heterocycles. The van der Waals surface area contributed by atoms with E-state index in [-0.39, 0.29) is 28.2 Å². The number of nitrogens with zero attached hydrogens (tertiary/aromatic N) is 1. The second kappa shape index (κ2) is 9.25. The lowest BCUT2D eigenvalue weighted by molar-refractivity contribution is 0.0730. The third kappa shape index (κ3) is 4.14. The fourth-order valence-electron chi connectivity index (χ4n) is 4.55. The van der Waals surface area contributed by atoms with Gasteiger partial charge in [-0.15, -0.1) is 0 Å². The van der Waals surface area contributed by atoms with Crippen LogP contribution in [0.3, 0.4) is 0 Å². The third-order valence-corrected chi connectivity index (χ3v) is 6.21. The maximum Gasteiger partial charge on any atom is 0.290 e. The van der Waals surface area contributed by atoms with E-state index in [1.165, 1.54) is 12.1 Å². The molecule has 35 heavy (non-hydrogen) atoms. The molecule has 0 unspecified atom stereocenters. The molecule has 0 saturated carbocycles. The first-order chi connectivity index (χ1) is 17.0. The fourth-order valence-corrected chi connectivity index (χ4v) is 4.55. The average Bonchev–Trinajstić information content (AvgIpc) is 3.15. The highest BCUT2D eigenvalue weighted by atomic mass is 19.1. The Balaban J connectivity index is 1.60. The summed E-state index contributed by atoms with van der Waals surface area (Å²) in [4.78, 5) is 28.7. The molecule has 0 bridgehead atoms. The summed E-state index contributed by atoms with van der Waals surface area (Å²) in [5, 5.41) is 0.111. The molecule has 6 nitrogen and oxygen atoms in total. The van der Waals surface area contributed by atoms with Crippen molar-refractivity contribution in [3.8, 4) is 11.5 Å². The van der Waals surface area contributed by atoms with Crippen molar-refractivity contribution in [2.75, 3.05) is 20.3 Å². The van der Waals surface area contributed by atoms with Gasteiger partial charge in [-0.3, -0.25) is 9.59 Å². The van der Waals surface area contributed by atoms with E-state index in [4.69, 9.17) is 13.9 Å². The second-order valence-corrected chi connectivity index (χ2v) is 8.32. The van der Waals surface area contributed by atoms with Crippen LogP contribution in [-0.2, 0) is 6.42 Å². The van der Waals surface area contributed by atoms with Crippen molar-refractivity contribution in [2.24, 2.45) is 0 Å². The maximum atomic E-state index is 14.0. The lowest BCUT2D eigenvalue weighted by Crippen LogP contribution is -2.31. The van der Waals surface area contributed by atoms with Crippen LogP contribution in [-0.4, -0.2) is 31.1 Å². The number of fused-ring (bicyclic) bond motifs is 2. The Hall–Kier alpha value is -4.13. The highest BCUT2D eigenvalue weighted by Gasteiger charge is 2.42. The number of methoxy groups -OCH3 is 1. The lowest BCUT2D eigenvalue weighted by atomic mass is 9.98. The van der Waals surface area contributed by atoms with Gasteiger partial charge in [0.15, 0.2) is 5.43 Å². The quantitative estimate of drug-likeness (QED) is 0.372. The van der Waals surface area contributed by atoms with Crippen LogP contribution < -0.4 is 14.9 Å². The molecule has 4 aromatic rings. The first kappa shape index (κ1) is 22.7. The third-order valence-electron chi connectivity index (χ3n) is 6.21. The first-order valence-corrected chi connectivity index (χ1v) is 11.4. The van der Waals surface area contributed by atoms with Crippen molar-refractivity contribution in [2.45, 2.75) is 19.4 Å². The molecule has 0 aliphatic carbocycles. The highest BCUT2D eigenvalue weighted by molar-refractivity contribution is 5.99. The predicted molar refractivity (Wildman–Crippen MR) is 130 cm³/mol. The maximum absolute atomic E-state index is 14.0. The number of ether oxygens (including phenoxy) is 2. The van der Waals surface area contributed by atoms with Gasteiger partial charge in [0.1, 0.15) is 22.9 Å². The average molecular weight is 474 g/mol. The highest BCUT2D eigenvalue weighted by Crippen LogP contribution is 2.39. The molecule has 7 heteroatoms. The van der Waals surface area contributed by atoms with Gasteiger partial charge in [-0.2, -0.15) is 0 Å². The van der Waals surface area contributed by atoms with Crippen LogP contribution in [0.1, 0.15) is 40.2 Å². The number of hydrogen-bond acceptors (Lipinski definition) is 5. The van der Waals surface area contributed by atoms with Gasteiger partial charge in [-0.1, -0.05) is 24.3 Å². The summed E-state index contributed by atoms with van der Waals surface area (Å²) in [7, 11) is 1.61. The number of carbonyl (C=O) groups is 1. The molecule has 3 aromatic carbocycles. The molecule has 2 heterocycles. The summed E-state index contributed by atoms with van der Waals surface area (Å²) in [6.07, 6.45) is 0.563. The van der Waals surface area contributed by atoms with E-state index in [0.717, 1.165) is 22.9 Å². The van der Waals surface area contributed by atoms with E-state index in [1.54, 1.807) is 12.0 Å². The molecule has 1 amide bonds. The van der Waals surface area contributed by atoms with E-state index < -0.39 is 17.3 Å². The van der Waals surface area contributed by atoms with Gasteiger partial charge in [0.25, 0.3) is 5.91 Å². The largest absolute Gasteiger partial charge is 0.497 e. The van der Waals surface area contributed by atoms with E-state index in [0.29, 0.717) is 25.3 Å². The zero-order chi connectivity index (χ0) is 24.5. The van der Waals surface area contributed by atoms with Crippen molar-refractivity contribution in [1.82, 2.24) is 4.90 Å². The summed E-state index contributed by atoms with van der Waals surface area (Å²) >= 11 is 0. The number of hydrogen-bond donors (Lipinski definition) is 0. The van der Waals surface area contributed by atoms with Crippen LogP contribution in [0.5, 0.6) is 11.5 Å². The summed E-state index contributed by atoms with van der Waals surface area (Å²) in [5.41, 5.74) is 1.73. The van der Waals surface area contributed by atoms with Gasteiger partial charge in [0.05, 0.1) is 30.7 Å². The predicted octanol–water partition coefficient (Wildman–Crippen LogP) is 5.13. The molecular formula is C28H24FNO5. The van der Waals surface area contributed by atoms with Crippen LogP contribution in [0.15, 0.2) is 75.9 Å². The topological polar surface area (TPSA) is 69.0 Å². The van der Waals surface area contributed by atoms with Gasteiger partial charge in [0.2, 0.25) is 5.76 Å². The van der Waals surface area contributed by atoms with Crippen molar-refractivity contribution in [3.63, 3.8) is 0 Å². The summed E-state index contributed by atoms with van der Waals surface area (Å²) in [6, 6.07) is 18.0. The molecule has 1 aliphatic rings. The molecule has 0 N–H and O–H groups in total. The molecule has 5 rings (SSSR count). The van der Waals surface area contributed by atoms with E-state index >= 15 is 0 Å². The molecule has 0 fully saturated rings. The minimum Gasteiger partial charge on any atom is -0.497 e. The van der Waals surface area contributed by atoms with Crippen LogP contribution in [0.2, 0.25) is 0 Å². The van der Waals surface area contributed by atoms with Gasteiger partial charge in [-0.05, 0) is 66.9 Å². The summed E-state index contributed by atoms with van der Waals surface area (Å²) in [5.74, 6) is 0.467. The van der Waals surface area contributed by atoms with Crippen LogP contribution >= 0.6 is 0 Å². The Bertz CT molecular complexity index is 1460. The Morgan fingerprint density at radius 3 is 2.54 bits per heavy atom. The Morgan fingerprint density at radius 1 is 1.00 bits per heavy atom. The van der Waals surface area contributed by atoms with Crippen molar-refractivity contribution >= 4 is 16.9 Å². The minimum absolute atomic E-state index is 0.00403. The molecule has 0 saturated heterocycles. The van der Waals surface area contributed by atoms with Crippen molar-refractivity contribution < 1.29 is 23.1 Å². The van der Waals surface area contributed by atoms with Gasteiger partial charge >= 0.3 is 0 Å². The zero-order valence-corrected chi connectivity index (χ0v) is 19.4. The number of amides is 1. The lowest BCUT2D eigenvalue weighted by Gasteiger charge is -2.25. The number of benzene rings is 3. The van der Waals surface area contributed by atoms with Crippen LogP contribution in [0.4, 0.5) is 4.39 Å². The molecule has 0 radical (unpaired) electrons. The zero-order valence-electron chi connectivity index (χ0n) is 19.4. The summed E-state index contributed by atoms with van der Waals surface area (Å²) in [6.45, 7) is 2.72. The standard InChI is InChI=1S/C28H24FNO5/c1-3-34-21-6-4-5-18(15-21)25-24-26(31)22-16-19(29)9-12-23(22)35-27(24)28(32)30(25)14-13-17-7-10-20(33-2)11-8-17/h4-12,15-16,25H,3,13-14H2,1-2H3/t25-/m1/s1. The van der Waals surface area contributed by atoms with Crippen LogP contribution in [0.25, 0.3) is 11.0 Å². The SMILES string of the molecule is CCOc1cccc([C@@H]2c3c(oc4ccc(F)cc4c3=O)C(=O)N2CCc2ccc(OC)cc2)c1. The van der Waals surface area contributed by atoms with E-state index in [1.807, 2.05) is 55.5 Å². The molecule has 0 spiro atoms. The Morgan fingerprint density at radius 2 is 1.80 bits per heavy atom. The van der Waals surface area contributed by atoms with Crippen LogP contribution in [0, 0.1) is 5.82 Å². The van der Waals surface area contributed by atoms with Crippen molar-refractivity contribution in [1.29, 1.82) is 0 Å². The molecular weight excluding hydrogens is 449 g/mol. The first-order valence-electron chi connectivity index (χ1n) is 11.4. The molecule has 1 atom stereocenters. The van der Waals surface area contributed by atoms with Crippen molar-refractivity contribution in [3.05, 3.63) is 105 Å².